The van der Waals surface area contributed by atoms with Gasteiger partial charge in [0, 0.05) is 10.0 Å². The zero-order valence-corrected chi connectivity index (χ0v) is 22.6. The summed E-state index contributed by atoms with van der Waals surface area (Å²) < 4.78 is 27.9. The summed E-state index contributed by atoms with van der Waals surface area (Å²) in [6.07, 6.45) is 0. The topological polar surface area (TPSA) is 83.6 Å². The van der Waals surface area contributed by atoms with Crippen LogP contribution in [0.25, 0.3) is 0 Å². The Bertz CT molecular complexity index is 1570. The fourth-order valence-corrected chi connectivity index (χ4v) is 6.71. The lowest BCUT2D eigenvalue weighted by Crippen LogP contribution is -2.37. The largest absolute Gasteiger partial charge is 0.320 e. The van der Waals surface area contributed by atoms with E-state index in [2.05, 4.69) is 5.32 Å². The summed E-state index contributed by atoms with van der Waals surface area (Å²) in [4.78, 5) is 26.7. The van der Waals surface area contributed by atoms with Crippen LogP contribution in [0.1, 0.15) is 20.7 Å². The normalized spacial score (nSPS) is 11.2. The number of amides is 2. The summed E-state index contributed by atoms with van der Waals surface area (Å²) in [6, 6.07) is 17.3. The van der Waals surface area contributed by atoms with Gasteiger partial charge in [-0.15, -0.1) is 11.3 Å². The summed E-state index contributed by atoms with van der Waals surface area (Å²) in [6.45, 7) is 0. The Kier molecular flexibility index (Phi) is 7.94. The van der Waals surface area contributed by atoms with Crippen molar-refractivity contribution in [2.75, 3.05) is 9.62 Å². The van der Waals surface area contributed by atoms with Gasteiger partial charge in [0.15, 0.2) is 0 Å². The first-order chi connectivity index (χ1) is 17.1. The van der Waals surface area contributed by atoms with Gasteiger partial charge in [0.2, 0.25) is 0 Å². The van der Waals surface area contributed by atoms with Crippen LogP contribution in [0.15, 0.2) is 82.4 Å². The highest BCUT2D eigenvalue weighted by Crippen LogP contribution is 2.35. The molecular formula is C24H14Cl4N2O4S2. The fourth-order valence-electron chi connectivity index (χ4n) is 3.24. The standard InChI is InChI=1S/C24H14Cl4N2O4S2/c25-14-7-9-16(18(27)12-14)23(31)29-20-4-1-2-5-21(20)30(36(33,34)22-6-3-11-35-22)24(32)17-10-8-15(26)13-19(17)28/h1-13H,(H,29,31). The Morgan fingerprint density at radius 2 is 1.39 bits per heavy atom. The fraction of sp³-hybridized carbons (Fsp3) is 0. The van der Waals surface area contributed by atoms with Gasteiger partial charge in [-0.1, -0.05) is 64.6 Å². The van der Waals surface area contributed by atoms with Gasteiger partial charge in [-0.2, -0.15) is 12.7 Å². The zero-order chi connectivity index (χ0) is 26.0. The van der Waals surface area contributed by atoms with E-state index in [1.807, 2.05) is 0 Å². The number of hydrogen-bond donors (Lipinski definition) is 1. The molecule has 0 aliphatic rings. The molecule has 0 aliphatic heterocycles. The minimum Gasteiger partial charge on any atom is -0.320 e. The molecule has 2 amide bonds. The number of nitrogens with zero attached hydrogens (tertiary/aromatic N) is 1. The van der Waals surface area contributed by atoms with E-state index in [1.165, 1.54) is 60.7 Å². The molecule has 1 aromatic heterocycles. The van der Waals surface area contributed by atoms with Gasteiger partial charge in [0.25, 0.3) is 21.8 Å². The SMILES string of the molecule is O=C(Nc1ccccc1N(C(=O)c1ccc(Cl)cc1Cl)S(=O)(=O)c1cccs1)c1ccc(Cl)cc1Cl. The molecule has 36 heavy (non-hydrogen) atoms. The molecule has 0 aliphatic carbocycles. The van der Waals surface area contributed by atoms with Crippen LogP contribution < -0.4 is 9.62 Å². The van der Waals surface area contributed by atoms with E-state index in [4.69, 9.17) is 46.4 Å². The first-order valence-corrected chi connectivity index (χ1v) is 13.9. The lowest BCUT2D eigenvalue weighted by atomic mass is 10.1. The van der Waals surface area contributed by atoms with Crippen molar-refractivity contribution in [2.24, 2.45) is 0 Å². The molecule has 0 spiro atoms. The Balaban J connectivity index is 1.84. The van der Waals surface area contributed by atoms with Gasteiger partial charge in [0.05, 0.1) is 32.5 Å². The van der Waals surface area contributed by atoms with Gasteiger partial charge in [0.1, 0.15) is 4.21 Å². The quantitative estimate of drug-likeness (QED) is 0.247. The van der Waals surface area contributed by atoms with E-state index in [-0.39, 0.29) is 41.8 Å². The second-order valence-electron chi connectivity index (χ2n) is 7.23. The number of halogens is 4. The summed E-state index contributed by atoms with van der Waals surface area (Å²) in [5.74, 6) is -1.56. The van der Waals surface area contributed by atoms with E-state index >= 15 is 0 Å². The van der Waals surface area contributed by atoms with Gasteiger partial charge < -0.3 is 5.32 Å². The molecule has 0 atom stereocenters. The van der Waals surface area contributed by atoms with Crippen molar-refractivity contribution in [1.82, 2.24) is 0 Å². The monoisotopic (exact) mass is 598 g/mol. The van der Waals surface area contributed by atoms with Crippen LogP contribution in [-0.4, -0.2) is 20.2 Å². The number of benzene rings is 3. The van der Waals surface area contributed by atoms with Crippen molar-refractivity contribution in [1.29, 1.82) is 0 Å². The molecule has 12 heteroatoms. The average Bonchev–Trinajstić information content (AvgIpc) is 3.36. The minimum absolute atomic E-state index is 0.0339. The highest BCUT2D eigenvalue weighted by molar-refractivity contribution is 7.95. The molecule has 3 aromatic carbocycles. The highest BCUT2D eigenvalue weighted by Gasteiger charge is 2.35. The van der Waals surface area contributed by atoms with Gasteiger partial charge in [-0.3, -0.25) is 9.59 Å². The Labute approximate surface area is 231 Å². The number of para-hydroxylation sites is 2. The molecule has 0 bridgehead atoms. The molecule has 0 fully saturated rings. The Morgan fingerprint density at radius 3 is 1.97 bits per heavy atom. The van der Waals surface area contributed by atoms with Crippen LogP contribution in [0.4, 0.5) is 11.4 Å². The number of carbonyl (C=O) groups is 2. The number of hydrogen-bond acceptors (Lipinski definition) is 5. The van der Waals surface area contributed by atoms with E-state index in [1.54, 1.807) is 17.5 Å². The molecule has 1 heterocycles. The second-order valence-corrected chi connectivity index (χ2v) is 11.9. The second kappa shape index (κ2) is 10.8. The first-order valence-electron chi connectivity index (χ1n) is 10.0. The number of rotatable bonds is 6. The van der Waals surface area contributed by atoms with E-state index in [0.717, 1.165) is 11.3 Å². The molecule has 0 unspecified atom stereocenters. The minimum atomic E-state index is -4.41. The highest BCUT2D eigenvalue weighted by atomic mass is 35.5. The van der Waals surface area contributed by atoms with Crippen molar-refractivity contribution in [3.8, 4) is 0 Å². The molecule has 184 valence electrons. The first kappa shape index (κ1) is 26.5. The maximum Gasteiger partial charge on any atom is 0.280 e. The number of sulfonamides is 1. The third kappa shape index (κ3) is 5.39. The number of thiophene rings is 1. The zero-order valence-electron chi connectivity index (χ0n) is 17.9. The number of nitrogens with one attached hydrogen (secondary N) is 1. The number of carbonyl (C=O) groups excluding carboxylic acids is 2. The third-order valence-electron chi connectivity index (χ3n) is 4.88. The number of anilines is 2. The van der Waals surface area contributed by atoms with Crippen molar-refractivity contribution in [2.45, 2.75) is 4.21 Å². The Hall–Kier alpha value is -2.59. The van der Waals surface area contributed by atoms with Crippen LogP contribution in [0, 0.1) is 0 Å². The smallest absolute Gasteiger partial charge is 0.280 e. The van der Waals surface area contributed by atoms with Crippen molar-refractivity contribution in [3.63, 3.8) is 0 Å². The molecule has 0 radical (unpaired) electrons. The lowest BCUT2D eigenvalue weighted by molar-refractivity contribution is 0.1000. The van der Waals surface area contributed by atoms with Crippen LogP contribution in [0.3, 0.4) is 0 Å². The predicted octanol–water partition coefficient (Wildman–Crippen LogP) is 7.65. The average molecular weight is 600 g/mol. The molecule has 6 nitrogen and oxygen atoms in total. The molecule has 4 aromatic rings. The van der Waals surface area contributed by atoms with Gasteiger partial charge >= 0.3 is 0 Å². The van der Waals surface area contributed by atoms with Crippen molar-refractivity contribution < 1.29 is 18.0 Å². The van der Waals surface area contributed by atoms with Crippen LogP contribution in [-0.2, 0) is 10.0 Å². The van der Waals surface area contributed by atoms with Gasteiger partial charge in [-0.05, 0) is 60.0 Å². The van der Waals surface area contributed by atoms with Crippen molar-refractivity contribution in [3.05, 3.63) is 109 Å². The summed E-state index contributed by atoms with van der Waals surface area (Å²) in [5.41, 5.74) is -0.0360. The van der Waals surface area contributed by atoms with Crippen LogP contribution in [0.5, 0.6) is 0 Å². The van der Waals surface area contributed by atoms with E-state index < -0.39 is 21.8 Å². The summed E-state index contributed by atoms with van der Waals surface area (Å²) in [7, 11) is -4.41. The summed E-state index contributed by atoms with van der Waals surface area (Å²) >= 11 is 25.2. The molecule has 0 saturated carbocycles. The third-order valence-corrected chi connectivity index (χ3v) is 9.05. The van der Waals surface area contributed by atoms with Gasteiger partial charge in [-0.25, -0.2) is 0 Å². The predicted molar refractivity (Wildman–Crippen MR) is 146 cm³/mol. The maximum absolute atomic E-state index is 13.7. The molecule has 4 rings (SSSR count). The van der Waals surface area contributed by atoms with Crippen LogP contribution >= 0.6 is 57.7 Å². The molecular weight excluding hydrogens is 586 g/mol. The maximum atomic E-state index is 13.7. The molecule has 0 saturated heterocycles. The summed E-state index contributed by atoms with van der Waals surface area (Å²) in [5, 5.41) is 4.90. The Morgan fingerprint density at radius 1 is 0.778 bits per heavy atom. The lowest BCUT2D eigenvalue weighted by Gasteiger charge is -2.25. The van der Waals surface area contributed by atoms with Crippen molar-refractivity contribution >= 4 is 91.0 Å². The van der Waals surface area contributed by atoms with Crippen LogP contribution in [0.2, 0.25) is 20.1 Å². The molecule has 1 N–H and O–H groups in total. The van der Waals surface area contributed by atoms with E-state index in [0.29, 0.717) is 9.33 Å². The van der Waals surface area contributed by atoms with E-state index in [9.17, 15) is 18.0 Å².